The summed E-state index contributed by atoms with van der Waals surface area (Å²) in [4.78, 5) is 60.0. The van der Waals surface area contributed by atoms with Crippen LogP contribution in [0.15, 0.2) is 0 Å². The summed E-state index contributed by atoms with van der Waals surface area (Å²) in [6.07, 6.45) is -10.5. The SMILES string of the molecule is CC(=O)OCC(CNC(=O)c1c(I)c(NC(=O)COCCC(F)(F)C(F)(F)C(F)(F)C(F)(F)F)c(I)c(C(=O)O)c1I)OC(C)=O. The van der Waals surface area contributed by atoms with Gasteiger partial charge in [0.1, 0.15) is 13.2 Å². The number of anilines is 1. The minimum Gasteiger partial charge on any atom is -0.478 e. The molecule has 46 heavy (non-hydrogen) atoms. The number of esters is 2. The summed E-state index contributed by atoms with van der Waals surface area (Å²) in [5.41, 5.74) is -1.14. The van der Waals surface area contributed by atoms with Crippen molar-refractivity contribution in [2.24, 2.45) is 0 Å². The molecule has 0 aliphatic heterocycles. The lowest BCUT2D eigenvalue weighted by molar-refractivity contribution is -0.397. The Bertz CT molecular complexity index is 1360. The summed E-state index contributed by atoms with van der Waals surface area (Å²) in [7, 11) is 0. The molecule has 1 atom stereocenters. The zero-order valence-electron chi connectivity index (χ0n) is 22.9. The molecule has 3 N–H and O–H groups in total. The number of hydrogen-bond acceptors (Lipinski definition) is 8. The minimum atomic E-state index is -7.09. The molecule has 0 bridgehead atoms. The van der Waals surface area contributed by atoms with E-state index in [9.17, 15) is 68.6 Å². The van der Waals surface area contributed by atoms with Crippen LogP contribution in [-0.4, -0.2) is 91.2 Å². The van der Waals surface area contributed by atoms with E-state index in [1.54, 1.807) is 22.6 Å². The largest absolute Gasteiger partial charge is 0.478 e. The molecule has 1 rings (SSSR count). The average Bonchev–Trinajstić information content (AvgIpc) is 2.89. The van der Waals surface area contributed by atoms with Crippen LogP contribution in [0.3, 0.4) is 0 Å². The van der Waals surface area contributed by atoms with Crippen LogP contribution in [0.1, 0.15) is 41.0 Å². The molecule has 1 aromatic rings. The van der Waals surface area contributed by atoms with Crippen LogP contribution < -0.4 is 10.6 Å². The lowest BCUT2D eigenvalue weighted by atomic mass is 10.0. The molecule has 0 aliphatic carbocycles. The Morgan fingerprint density at radius 2 is 1.37 bits per heavy atom. The predicted octanol–water partition coefficient (Wildman–Crippen LogP) is 5.24. The molecule has 0 fully saturated rings. The van der Waals surface area contributed by atoms with Crippen LogP contribution in [-0.2, 0) is 28.6 Å². The molecule has 11 nitrogen and oxygen atoms in total. The summed E-state index contributed by atoms with van der Waals surface area (Å²) >= 11 is 4.56. The molecule has 0 saturated carbocycles. The Morgan fingerprint density at radius 1 is 0.826 bits per heavy atom. The smallest absolute Gasteiger partial charge is 0.460 e. The molecule has 0 radical (unpaired) electrons. The normalized spacial score (nSPS) is 13.1. The zero-order chi connectivity index (χ0) is 36.0. The molecular formula is C23H20F9I3N2O9. The number of amides is 2. The van der Waals surface area contributed by atoms with Crippen LogP contribution in [0.5, 0.6) is 0 Å². The molecule has 2 amide bonds. The fourth-order valence-corrected chi connectivity index (χ4v) is 7.53. The van der Waals surface area contributed by atoms with Gasteiger partial charge in [-0.05, 0) is 67.8 Å². The fourth-order valence-electron chi connectivity index (χ4n) is 3.14. The maximum Gasteiger partial charge on any atom is 0.460 e. The number of ether oxygens (including phenoxy) is 3. The van der Waals surface area contributed by atoms with Crippen molar-refractivity contribution in [1.29, 1.82) is 0 Å². The Kier molecular flexibility index (Phi) is 15.1. The summed E-state index contributed by atoms with van der Waals surface area (Å²) in [5, 5.41) is 14.2. The number of halogens is 12. The van der Waals surface area contributed by atoms with Crippen LogP contribution in [0, 0.1) is 10.7 Å². The van der Waals surface area contributed by atoms with Gasteiger partial charge in [-0.2, -0.15) is 39.5 Å². The Morgan fingerprint density at radius 3 is 1.85 bits per heavy atom. The average molecular weight is 1020 g/mol. The van der Waals surface area contributed by atoms with Gasteiger partial charge < -0.3 is 30.0 Å². The molecule has 260 valence electrons. The van der Waals surface area contributed by atoms with Crippen LogP contribution >= 0.6 is 67.8 Å². The van der Waals surface area contributed by atoms with Crippen LogP contribution in [0.25, 0.3) is 0 Å². The number of alkyl halides is 9. The van der Waals surface area contributed by atoms with Crippen molar-refractivity contribution >= 4 is 103 Å². The third kappa shape index (κ3) is 10.3. The highest BCUT2D eigenvalue weighted by Gasteiger charge is 2.81. The van der Waals surface area contributed by atoms with Gasteiger partial charge in [-0.1, -0.05) is 0 Å². The maximum absolute atomic E-state index is 13.7. The number of aromatic carboxylic acids is 1. The second kappa shape index (κ2) is 16.5. The van der Waals surface area contributed by atoms with E-state index in [1.165, 1.54) is 45.2 Å². The van der Waals surface area contributed by atoms with E-state index >= 15 is 0 Å². The molecule has 1 aromatic carbocycles. The number of carbonyl (C=O) groups is 5. The van der Waals surface area contributed by atoms with Gasteiger partial charge in [0.25, 0.3) is 5.91 Å². The van der Waals surface area contributed by atoms with E-state index in [0.717, 1.165) is 13.8 Å². The molecule has 0 heterocycles. The lowest BCUT2D eigenvalue weighted by Crippen LogP contribution is -2.61. The van der Waals surface area contributed by atoms with Crippen molar-refractivity contribution in [2.75, 3.05) is 31.7 Å². The monoisotopic (exact) mass is 1020 g/mol. The van der Waals surface area contributed by atoms with Gasteiger partial charge in [-0.15, -0.1) is 0 Å². The van der Waals surface area contributed by atoms with Crippen molar-refractivity contribution in [1.82, 2.24) is 5.32 Å². The highest BCUT2D eigenvalue weighted by molar-refractivity contribution is 14.1. The van der Waals surface area contributed by atoms with E-state index in [1.807, 2.05) is 0 Å². The number of rotatable bonds is 15. The molecule has 1 unspecified atom stereocenters. The second-order valence-electron chi connectivity index (χ2n) is 8.82. The molecule has 23 heteroatoms. The summed E-state index contributed by atoms with van der Waals surface area (Å²) in [6.45, 7) is -1.61. The second-order valence-corrected chi connectivity index (χ2v) is 12.1. The highest BCUT2D eigenvalue weighted by atomic mass is 127. The first-order valence-electron chi connectivity index (χ1n) is 11.9. The van der Waals surface area contributed by atoms with E-state index in [4.69, 9.17) is 9.47 Å². The van der Waals surface area contributed by atoms with Gasteiger partial charge >= 0.3 is 41.9 Å². The number of nitrogens with one attached hydrogen (secondary N) is 2. The third-order valence-electron chi connectivity index (χ3n) is 5.32. The molecule has 0 saturated heterocycles. The Labute approximate surface area is 293 Å². The van der Waals surface area contributed by atoms with Gasteiger partial charge in [-0.25, -0.2) is 4.79 Å². The van der Waals surface area contributed by atoms with E-state index < -0.39 is 98.1 Å². The fraction of sp³-hybridized carbons (Fsp3) is 0.522. The Balaban J connectivity index is 3.16. The standard InChI is InChI=1S/C23H20F9I3N2O9/c1-8(38)45-6-10(46-9(2)39)5-36-18(41)12-14(33)13(19(42)43)16(35)17(15(12)34)37-11(40)7-44-4-3-20(24,25)21(26,27)22(28,29)23(30,31)32/h10H,3-7H2,1-2H3,(H,36,41)(H,37,40)(H,42,43). The van der Waals surface area contributed by atoms with Crippen molar-refractivity contribution in [3.63, 3.8) is 0 Å². The molecule has 0 spiro atoms. The van der Waals surface area contributed by atoms with E-state index in [0.29, 0.717) is 0 Å². The number of carbonyl (C=O) groups excluding carboxylic acids is 4. The lowest BCUT2D eigenvalue weighted by Gasteiger charge is -2.33. The number of carboxylic acids is 1. The minimum absolute atomic E-state index is 0.0909. The number of hydrogen-bond donors (Lipinski definition) is 3. The maximum atomic E-state index is 13.7. The third-order valence-corrected chi connectivity index (χ3v) is 8.56. The first-order valence-corrected chi connectivity index (χ1v) is 15.1. The van der Waals surface area contributed by atoms with Gasteiger partial charge in [-0.3, -0.25) is 19.2 Å². The van der Waals surface area contributed by atoms with Crippen LogP contribution in [0.2, 0.25) is 0 Å². The van der Waals surface area contributed by atoms with Crippen molar-refractivity contribution in [3.05, 3.63) is 21.8 Å². The highest BCUT2D eigenvalue weighted by Crippen LogP contribution is 2.54. The van der Waals surface area contributed by atoms with Gasteiger partial charge in [0.15, 0.2) is 6.10 Å². The first-order chi connectivity index (χ1) is 20.8. The van der Waals surface area contributed by atoms with Crippen molar-refractivity contribution in [2.45, 2.75) is 50.3 Å². The summed E-state index contributed by atoms with van der Waals surface area (Å²) in [5.74, 6) is -25.2. The van der Waals surface area contributed by atoms with Crippen LogP contribution in [0.4, 0.5) is 45.2 Å². The quantitative estimate of drug-likeness (QED) is 0.0927. The van der Waals surface area contributed by atoms with Gasteiger partial charge in [0.2, 0.25) is 5.91 Å². The van der Waals surface area contributed by atoms with E-state index in [2.05, 4.69) is 15.4 Å². The summed E-state index contributed by atoms with van der Waals surface area (Å²) in [6, 6.07) is 0. The van der Waals surface area contributed by atoms with Gasteiger partial charge in [0, 0.05) is 23.8 Å². The number of benzene rings is 1. The van der Waals surface area contributed by atoms with Crippen molar-refractivity contribution in [3.8, 4) is 0 Å². The first kappa shape index (κ1) is 42.1. The molecular weight excluding hydrogens is 1000 g/mol. The van der Waals surface area contributed by atoms with E-state index in [-0.39, 0.29) is 22.0 Å². The van der Waals surface area contributed by atoms with Gasteiger partial charge in [0.05, 0.1) is 37.1 Å². The Hall–Kier alpha value is -1.91. The number of carboxylic acid groups (broad SMARTS) is 1. The van der Waals surface area contributed by atoms with Crippen molar-refractivity contribution < 1.29 is 82.8 Å². The molecule has 0 aromatic heterocycles. The molecule has 0 aliphatic rings. The zero-order valence-corrected chi connectivity index (χ0v) is 29.3. The summed E-state index contributed by atoms with van der Waals surface area (Å²) < 4.78 is 131. The predicted molar refractivity (Wildman–Crippen MR) is 161 cm³/mol. The topological polar surface area (TPSA) is 157 Å².